The van der Waals surface area contributed by atoms with E-state index < -0.39 is 0 Å². The molecule has 11 heteroatoms. The maximum Gasteiger partial charge on any atom is 0.258 e. The number of aromatic nitrogens is 2. The molecule has 0 aliphatic rings. The van der Waals surface area contributed by atoms with Crippen LogP contribution in [0.2, 0.25) is 10.0 Å². The van der Waals surface area contributed by atoms with Crippen molar-refractivity contribution in [1.29, 1.82) is 0 Å². The van der Waals surface area contributed by atoms with E-state index in [1.165, 1.54) is 24.8 Å². The third kappa shape index (κ3) is 5.54. The molecule has 0 aliphatic heterocycles. The lowest BCUT2D eigenvalue weighted by molar-refractivity contribution is 0.102. The Balaban J connectivity index is 1.81. The number of hydrogen-bond donors (Lipinski definition) is 2. The van der Waals surface area contributed by atoms with E-state index in [1.807, 2.05) is 6.92 Å². The molecule has 0 radical (unpaired) electrons. The summed E-state index contributed by atoms with van der Waals surface area (Å²) in [6, 6.07) is 0. The van der Waals surface area contributed by atoms with E-state index in [9.17, 15) is 4.79 Å². The van der Waals surface area contributed by atoms with Crippen molar-refractivity contribution in [2.75, 3.05) is 43.9 Å². The predicted octanol–water partition coefficient (Wildman–Crippen LogP) is 6.47. The molecule has 2 heterocycles. The van der Waals surface area contributed by atoms with Crippen molar-refractivity contribution in [1.82, 2.24) is 14.9 Å². The van der Waals surface area contributed by atoms with Crippen LogP contribution >= 0.6 is 50.5 Å². The van der Waals surface area contributed by atoms with E-state index in [0.29, 0.717) is 37.6 Å². The summed E-state index contributed by atoms with van der Waals surface area (Å²) in [5.74, 6) is 0.767. The van der Waals surface area contributed by atoms with Gasteiger partial charge >= 0.3 is 0 Å². The molecule has 0 fully saturated rings. The first-order valence-corrected chi connectivity index (χ1v) is 13.0. The molecule has 3 rings (SSSR count). The van der Waals surface area contributed by atoms with Crippen LogP contribution in [0.5, 0.6) is 5.75 Å². The number of ether oxygens (including phenoxy) is 1. The summed E-state index contributed by atoms with van der Waals surface area (Å²) >= 11 is 17.8. The average molecular weight is 575 g/mol. The van der Waals surface area contributed by atoms with Crippen LogP contribution in [-0.2, 0) is 0 Å². The first-order valence-electron chi connectivity index (χ1n) is 10.5. The lowest BCUT2D eigenvalue weighted by atomic mass is 10.2. The zero-order chi connectivity index (χ0) is 24.1. The number of benzene rings is 1. The molecule has 0 bridgehead atoms. The van der Waals surface area contributed by atoms with Crippen LogP contribution < -0.4 is 15.4 Å². The number of methoxy groups -OCH3 is 1. The molecule has 0 spiro atoms. The van der Waals surface area contributed by atoms with Crippen molar-refractivity contribution in [3.8, 4) is 5.75 Å². The smallest absolute Gasteiger partial charge is 0.258 e. The van der Waals surface area contributed by atoms with Crippen molar-refractivity contribution in [2.45, 2.75) is 27.2 Å². The Kier molecular flexibility index (Phi) is 9.17. The molecule has 7 nitrogen and oxygen atoms in total. The van der Waals surface area contributed by atoms with Gasteiger partial charge in [-0.2, -0.15) is 0 Å². The first kappa shape index (κ1) is 26.0. The highest BCUT2D eigenvalue weighted by Gasteiger charge is 2.23. The van der Waals surface area contributed by atoms with Gasteiger partial charge in [-0.3, -0.25) is 4.79 Å². The summed E-state index contributed by atoms with van der Waals surface area (Å²) in [7, 11) is 1.50. The minimum absolute atomic E-state index is 0.220. The molecular formula is C22H26BrCl2N5O2S. The fraction of sp³-hybridized carbons (Fsp3) is 0.409. The van der Waals surface area contributed by atoms with Gasteiger partial charge in [0.2, 0.25) is 0 Å². The minimum atomic E-state index is -0.361. The van der Waals surface area contributed by atoms with Crippen molar-refractivity contribution >= 4 is 78.1 Å². The second-order valence-corrected chi connectivity index (χ2v) is 9.71. The topological polar surface area (TPSA) is 79.4 Å². The molecule has 0 saturated carbocycles. The van der Waals surface area contributed by atoms with E-state index in [0.717, 1.165) is 43.1 Å². The van der Waals surface area contributed by atoms with E-state index in [2.05, 4.69) is 55.3 Å². The molecule has 0 unspecified atom stereocenters. The van der Waals surface area contributed by atoms with Gasteiger partial charge in [-0.15, -0.1) is 11.3 Å². The SMILES string of the molecule is CCN(CC)CCCNc1ncnc2c(C(=O)Nc3c(Cl)c(C)c(Br)c(OC)c3Cl)csc12. The Bertz CT molecular complexity index is 1150. The van der Waals surface area contributed by atoms with Crippen molar-refractivity contribution in [2.24, 2.45) is 0 Å². The van der Waals surface area contributed by atoms with Crippen molar-refractivity contribution < 1.29 is 9.53 Å². The van der Waals surface area contributed by atoms with Crippen LogP contribution in [0.1, 0.15) is 36.2 Å². The maximum atomic E-state index is 13.1. The summed E-state index contributed by atoms with van der Waals surface area (Å²) in [4.78, 5) is 24.2. The fourth-order valence-electron chi connectivity index (χ4n) is 3.42. The summed E-state index contributed by atoms with van der Waals surface area (Å²) in [5.41, 5.74) is 2.01. The Morgan fingerprint density at radius 1 is 1.24 bits per heavy atom. The molecule has 0 atom stereocenters. The van der Waals surface area contributed by atoms with Gasteiger partial charge in [0.1, 0.15) is 17.2 Å². The summed E-state index contributed by atoms with van der Waals surface area (Å²) in [6.07, 6.45) is 2.46. The lowest BCUT2D eigenvalue weighted by Gasteiger charge is -2.17. The largest absolute Gasteiger partial charge is 0.494 e. The van der Waals surface area contributed by atoms with Gasteiger partial charge in [-0.1, -0.05) is 37.0 Å². The Morgan fingerprint density at radius 3 is 2.64 bits per heavy atom. The monoisotopic (exact) mass is 573 g/mol. The van der Waals surface area contributed by atoms with Crippen LogP contribution in [0.15, 0.2) is 16.2 Å². The molecule has 2 N–H and O–H groups in total. The molecule has 33 heavy (non-hydrogen) atoms. The minimum Gasteiger partial charge on any atom is -0.494 e. The van der Waals surface area contributed by atoms with E-state index in [4.69, 9.17) is 27.9 Å². The zero-order valence-corrected chi connectivity index (χ0v) is 22.8. The number of halogens is 3. The number of carbonyl (C=O) groups excluding carboxylic acids is 1. The number of anilines is 2. The Labute approximate surface area is 216 Å². The Hall–Kier alpha value is -1.65. The second-order valence-electron chi connectivity index (χ2n) is 7.29. The van der Waals surface area contributed by atoms with Gasteiger partial charge in [-0.25, -0.2) is 9.97 Å². The van der Waals surface area contributed by atoms with Gasteiger partial charge in [0.25, 0.3) is 5.91 Å². The standard InChI is InChI=1S/C22H26BrCl2N5O2S/c1-5-30(6-2)9-7-8-26-21-20-17(27-11-28-21)13(10-33-20)22(31)29-18-15(24)12(3)14(23)19(32-4)16(18)25/h10-11H,5-9H2,1-4H3,(H,29,31)(H,26,27,28). The average Bonchev–Trinajstić information content (AvgIpc) is 3.26. The van der Waals surface area contributed by atoms with E-state index in [-0.39, 0.29) is 10.9 Å². The quantitative estimate of drug-likeness (QED) is 0.270. The third-order valence-electron chi connectivity index (χ3n) is 5.38. The number of nitrogens with zero attached hydrogens (tertiary/aromatic N) is 3. The molecule has 0 aliphatic carbocycles. The normalized spacial score (nSPS) is 11.3. The van der Waals surface area contributed by atoms with Gasteiger partial charge < -0.3 is 20.3 Å². The lowest BCUT2D eigenvalue weighted by Crippen LogP contribution is -2.25. The summed E-state index contributed by atoms with van der Waals surface area (Å²) in [5, 5.41) is 8.53. The number of carbonyl (C=O) groups is 1. The number of nitrogens with one attached hydrogen (secondary N) is 2. The number of fused-ring (bicyclic) bond motifs is 1. The van der Waals surface area contributed by atoms with Gasteiger partial charge in [0.05, 0.1) is 38.1 Å². The third-order valence-corrected chi connectivity index (χ3v) is 8.14. The number of amides is 1. The predicted molar refractivity (Wildman–Crippen MR) is 142 cm³/mol. The summed E-state index contributed by atoms with van der Waals surface area (Å²) in [6.45, 7) is 10.0. The molecule has 0 saturated heterocycles. The number of hydrogen-bond acceptors (Lipinski definition) is 7. The van der Waals surface area contributed by atoms with Crippen LogP contribution in [0.3, 0.4) is 0 Å². The molecule has 3 aromatic rings. The highest BCUT2D eigenvalue weighted by atomic mass is 79.9. The van der Waals surface area contributed by atoms with Crippen molar-refractivity contribution in [3.63, 3.8) is 0 Å². The van der Waals surface area contributed by atoms with Crippen LogP contribution in [0, 0.1) is 6.92 Å². The molecule has 2 aromatic heterocycles. The van der Waals surface area contributed by atoms with Crippen LogP contribution in [0.25, 0.3) is 10.2 Å². The Morgan fingerprint density at radius 2 is 1.97 bits per heavy atom. The van der Waals surface area contributed by atoms with Crippen LogP contribution in [0.4, 0.5) is 11.5 Å². The summed E-state index contributed by atoms with van der Waals surface area (Å²) < 4.78 is 6.84. The van der Waals surface area contributed by atoms with E-state index >= 15 is 0 Å². The van der Waals surface area contributed by atoms with Crippen LogP contribution in [-0.4, -0.2) is 54.1 Å². The fourth-order valence-corrected chi connectivity index (χ4v) is 5.77. The number of thiophene rings is 1. The molecule has 1 amide bonds. The number of rotatable bonds is 10. The molecule has 178 valence electrons. The van der Waals surface area contributed by atoms with Gasteiger partial charge in [0, 0.05) is 11.9 Å². The second kappa shape index (κ2) is 11.7. The van der Waals surface area contributed by atoms with E-state index in [1.54, 1.807) is 5.38 Å². The maximum absolute atomic E-state index is 13.1. The van der Waals surface area contributed by atoms with Gasteiger partial charge in [0.15, 0.2) is 5.75 Å². The van der Waals surface area contributed by atoms with Crippen molar-refractivity contribution in [3.05, 3.63) is 37.4 Å². The van der Waals surface area contributed by atoms with Gasteiger partial charge in [-0.05, 0) is 54.5 Å². The highest BCUT2D eigenvalue weighted by molar-refractivity contribution is 9.10. The zero-order valence-electron chi connectivity index (χ0n) is 18.9. The molecule has 1 aromatic carbocycles. The molecular weight excluding hydrogens is 549 g/mol. The first-order chi connectivity index (χ1) is 15.8. The highest BCUT2D eigenvalue weighted by Crippen LogP contribution is 2.46.